The zero-order valence-corrected chi connectivity index (χ0v) is 11.4. The predicted molar refractivity (Wildman–Crippen MR) is 71.3 cm³/mol. The van der Waals surface area contributed by atoms with Gasteiger partial charge in [0.1, 0.15) is 5.75 Å². The minimum atomic E-state index is 0.535. The normalized spacial score (nSPS) is 10.9. The highest BCUT2D eigenvalue weighted by molar-refractivity contribution is 5.29. The van der Waals surface area contributed by atoms with Gasteiger partial charge in [-0.05, 0) is 37.9 Å². The van der Waals surface area contributed by atoms with E-state index in [0.717, 1.165) is 43.3 Å². The molecule has 0 amide bonds. The zero-order valence-electron chi connectivity index (χ0n) is 11.4. The molecule has 0 aliphatic carbocycles. The highest BCUT2D eigenvalue weighted by atomic mass is 16.5. The van der Waals surface area contributed by atoms with E-state index in [4.69, 9.17) is 4.74 Å². The summed E-state index contributed by atoms with van der Waals surface area (Å²) in [5.41, 5.74) is 2.05. The van der Waals surface area contributed by atoms with Crippen molar-refractivity contribution in [2.75, 3.05) is 13.2 Å². The van der Waals surface area contributed by atoms with Crippen molar-refractivity contribution < 1.29 is 4.74 Å². The zero-order chi connectivity index (χ0) is 12.7. The number of hydrogen-bond donors (Lipinski definition) is 1. The molecule has 1 aromatic rings. The summed E-state index contributed by atoms with van der Waals surface area (Å²) in [7, 11) is 0. The molecule has 0 aliphatic rings. The highest BCUT2D eigenvalue weighted by Crippen LogP contribution is 2.17. The summed E-state index contributed by atoms with van der Waals surface area (Å²) in [5.74, 6) is 1.45. The third kappa shape index (κ3) is 5.18. The smallest absolute Gasteiger partial charge is 0.142 e. The molecular formula is C14H24N2O. The summed E-state index contributed by atoms with van der Waals surface area (Å²) in [6.07, 6.45) is 1.13. The van der Waals surface area contributed by atoms with Crippen LogP contribution in [-0.2, 0) is 6.54 Å². The highest BCUT2D eigenvalue weighted by Gasteiger charge is 2.06. The van der Waals surface area contributed by atoms with Crippen LogP contribution >= 0.6 is 0 Å². The van der Waals surface area contributed by atoms with Crippen LogP contribution < -0.4 is 10.1 Å². The van der Waals surface area contributed by atoms with Gasteiger partial charge in [0.15, 0.2) is 0 Å². The summed E-state index contributed by atoms with van der Waals surface area (Å²) >= 11 is 0. The number of rotatable bonds is 7. The molecule has 3 heteroatoms. The van der Waals surface area contributed by atoms with Gasteiger partial charge in [-0.1, -0.05) is 20.8 Å². The lowest BCUT2D eigenvalue weighted by molar-refractivity contribution is 0.266. The average Bonchev–Trinajstić information content (AvgIpc) is 2.28. The first-order chi connectivity index (χ1) is 8.13. The number of nitrogens with zero attached hydrogens (tertiary/aromatic N) is 1. The van der Waals surface area contributed by atoms with Crippen molar-refractivity contribution in [2.45, 2.75) is 40.7 Å². The van der Waals surface area contributed by atoms with Gasteiger partial charge in [-0.2, -0.15) is 0 Å². The Morgan fingerprint density at radius 1 is 1.35 bits per heavy atom. The summed E-state index contributed by atoms with van der Waals surface area (Å²) in [4.78, 5) is 4.54. The van der Waals surface area contributed by atoms with E-state index in [2.05, 4.69) is 31.1 Å². The number of ether oxygens (including phenoxy) is 1. The van der Waals surface area contributed by atoms with Crippen LogP contribution in [0.5, 0.6) is 5.75 Å². The van der Waals surface area contributed by atoms with Gasteiger partial charge in [0.2, 0.25) is 0 Å². The first-order valence-corrected chi connectivity index (χ1v) is 6.43. The Hall–Kier alpha value is -1.09. The second kappa shape index (κ2) is 7.28. The van der Waals surface area contributed by atoms with Gasteiger partial charge < -0.3 is 10.1 Å². The largest absolute Gasteiger partial charge is 0.491 e. The van der Waals surface area contributed by atoms with Crippen LogP contribution in [0.4, 0.5) is 0 Å². The lowest BCUT2D eigenvalue weighted by Gasteiger charge is -2.13. The lowest BCUT2D eigenvalue weighted by Crippen LogP contribution is -2.17. The van der Waals surface area contributed by atoms with Crippen molar-refractivity contribution in [3.8, 4) is 5.75 Å². The Balaban J connectivity index is 2.66. The van der Waals surface area contributed by atoms with Crippen molar-refractivity contribution in [2.24, 2.45) is 5.92 Å². The average molecular weight is 236 g/mol. The van der Waals surface area contributed by atoms with Gasteiger partial charge in [-0.25, -0.2) is 0 Å². The molecule has 3 nitrogen and oxygen atoms in total. The molecule has 0 saturated heterocycles. The third-order valence-corrected chi connectivity index (χ3v) is 2.36. The molecule has 17 heavy (non-hydrogen) atoms. The maximum atomic E-state index is 5.78. The maximum absolute atomic E-state index is 5.78. The van der Waals surface area contributed by atoms with E-state index in [-0.39, 0.29) is 0 Å². The van der Waals surface area contributed by atoms with Crippen LogP contribution in [0.2, 0.25) is 0 Å². The molecule has 0 fully saturated rings. The second-order valence-corrected chi connectivity index (χ2v) is 4.78. The van der Waals surface area contributed by atoms with Crippen molar-refractivity contribution in [1.29, 1.82) is 0 Å². The molecule has 96 valence electrons. The lowest BCUT2D eigenvalue weighted by atomic mass is 10.2. The van der Waals surface area contributed by atoms with E-state index < -0.39 is 0 Å². The SMILES string of the molecule is CCCNCc1nc(C)ccc1OCC(C)C. The second-order valence-electron chi connectivity index (χ2n) is 4.78. The Morgan fingerprint density at radius 3 is 2.76 bits per heavy atom. The van der Waals surface area contributed by atoms with Gasteiger partial charge >= 0.3 is 0 Å². The number of nitrogens with one attached hydrogen (secondary N) is 1. The van der Waals surface area contributed by atoms with Gasteiger partial charge in [0, 0.05) is 12.2 Å². The van der Waals surface area contributed by atoms with Crippen LogP contribution in [-0.4, -0.2) is 18.1 Å². The Kier molecular flexibility index (Phi) is 5.98. The maximum Gasteiger partial charge on any atom is 0.142 e. The van der Waals surface area contributed by atoms with E-state index >= 15 is 0 Å². The van der Waals surface area contributed by atoms with Crippen molar-refractivity contribution in [1.82, 2.24) is 10.3 Å². The van der Waals surface area contributed by atoms with E-state index in [9.17, 15) is 0 Å². The summed E-state index contributed by atoms with van der Waals surface area (Å²) < 4.78 is 5.78. The van der Waals surface area contributed by atoms with Crippen LogP contribution in [0.1, 0.15) is 38.6 Å². The number of hydrogen-bond acceptors (Lipinski definition) is 3. The van der Waals surface area contributed by atoms with Crippen LogP contribution in [0.3, 0.4) is 0 Å². The van der Waals surface area contributed by atoms with Crippen molar-refractivity contribution >= 4 is 0 Å². The fraction of sp³-hybridized carbons (Fsp3) is 0.643. The Labute approximate surface area is 105 Å². The molecule has 1 aromatic heterocycles. The molecule has 0 bridgehead atoms. The van der Waals surface area contributed by atoms with E-state index in [0.29, 0.717) is 5.92 Å². The number of pyridine rings is 1. The molecule has 0 radical (unpaired) electrons. The first-order valence-electron chi connectivity index (χ1n) is 6.43. The molecule has 0 spiro atoms. The van der Waals surface area contributed by atoms with E-state index in [1.54, 1.807) is 0 Å². The Morgan fingerprint density at radius 2 is 2.12 bits per heavy atom. The monoisotopic (exact) mass is 236 g/mol. The molecule has 1 heterocycles. The van der Waals surface area contributed by atoms with Gasteiger partial charge in [0.05, 0.1) is 12.3 Å². The van der Waals surface area contributed by atoms with Crippen LogP contribution in [0, 0.1) is 12.8 Å². The first kappa shape index (κ1) is 14.0. The minimum Gasteiger partial charge on any atom is -0.491 e. The van der Waals surface area contributed by atoms with Crippen LogP contribution in [0.15, 0.2) is 12.1 Å². The topological polar surface area (TPSA) is 34.2 Å². The molecule has 1 rings (SSSR count). The van der Waals surface area contributed by atoms with E-state index in [1.807, 2.05) is 19.1 Å². The van der Waals surface area contributed by atoms with Gasteiger partial charge in [-0.3, -0.25) is 4.98 Å². The summed E-state index contributed by atoms with van der Waals surface area (Å²) in [6.45, 7) is 11.0. The van der Waals surface area contributed by atoms with Crippen molar-refractivity contribution in [3.05, 3.63) is 23.5 Å². The summed E-state index contributed by atoms with van der Waals surface area (Å²) in [5, 5.41) is 3.36. The molecular weight excluding hydrogens is 212 g/mol. The van der Waals surface area contributed by atoms with Crippen molar-refractivity contribution in [3.63, 3.8) is 0 Å². The quantitative estimate of drug-likeness (QED) is 0.739. The van der Waals surface area contributed by atoms with Gasteiger partial charge in [-0.15, -0.1) is 0 Å². The fourth-order valence-corrected chi connectivity index (χ4v) is 1.50. The molecule has 1 N–H and O–H groups in total. The molecule has 0 saturated carbocycles. The standard InChI is InChI=1S/C14H24N2O/c1-5-8-15-9-13-14(17-10-11(2)3)7-6-12(4)16-13/h6-7,11,15H,5,8-10H2,1-4H3. The molecule has 0 unspecified atom stereocenters. The molecule has 0 aromatic carbocycles. The minimum absolute atomic E-state index is 0.535. The summed E-state index contributed by atoms with van der Waals surface area (Å²) in [6, 6.07) is 4.02. The fourth-order valence-electron chi connectivity index (χ4n) is 1.50. The van der Waals surface area contributed by atoms with Gasteiger partial charge in [0.25, 0.3) is 0 Å². The number of aryl methyl sites for hydroxylation is 1. The third-order valence-electron chi connectivity index (χ3n) is 2.36. The predicted octanol–water partition coefficient (Wildman–Crippen LogP) is 2.92. The van der Waals surface area contributed by atoms with Crippen LogP contribution in [0.25, 0.3) is 0 Å². The molecule has 0 atom stereocenters. The number of aromatic nitrogens is 1. The molecule has 0 aliphatic heterocycles. The van der Waals surface area contributed by atoms with E-state index in [1.165, 1.54) is 0 Å². The Bertz CT molecular complexity index is 337.